The van der Waals surface area contributed by atoms with Gasteiger partial charge >= 0.3 is 0 Å². The molecule has 2 N–H and O–H groups in total. The summed E-state index contributed by atoms with van der Waals surface area (Å²) in [7, 11) is 0. The molecule has 0 fully saturated rings. The minimum atomic E-state index is -0.238. The summed E-state index contributed by atoms with van der Waals surface area (Å²) < 4.78 is 0. The summed E-state index contributed by atoms with van der Waals surface area (Å²) in [6, 6.07) is 18.7. The topological polar surface area (TPSA) is 82.0 Å². The molecule has 0 aliphatic rings. The van der Waals surface area contributed by atoms with Crippen molar-refractivity contribution in [1.29, 1.82) is 5.26 Å². The fourth-order valence-corrected chi connectivity index (χ4v) is 2.11. The third kappa shape index (κ3) is 6.71. The number of hydrogen-bond donors (Lipinski definition) is 2. The average molecular weight is 333 g/mol. The van der Waals surface area contributed by atoms with Crippen molar-refractivity contribution in [2.75, 3.05) is 11.9 Å². The molecule has 126 valence electrons. The summed E-state index contributed by atoms with van der Waals surface area (Å²) in [5.74, 6) is -0.419. The summed E-state index contributed by atoms with van der Waals surface area (Å²) in [4.78, 5) is 23.6. The molecule has 0 unspecified atom stereocenters. The van der Waals surface area contributed by atoms with Crippen LogP contribution in [0.5, 0.6) is 0 Å². The molecule has 0 atom stereocenters. The van der Waals surface area contributed by atoms with Gasteiger partial charge in [-0.3, -0.25) is 9.59 Å². The lowest BCUT2D eigenvalue weighted by Crippen LogP contribution is -2.26. The molecule has 0 spiro atoms. The molecule has 25 heavy (non-hydrogen) atoms. The van der Waals surface area contributed by atoms with Gasteiger partial charge in [0.15, 0.2) is 0 Å². The number of nitrogens with one attached hydrogen (secondary N) is 2. The van der Waals surface area contributed by atoms with E-state index in [0.717, 1.165) is 11.1 Å². The lowest BCUT2D eigenvalue weighted by Gasteiger charge is -2.06. The fourth-order valence-electron chi connectivity index (χ4n) is 2.11. The molecule has 0 saturated heterocycles. The van der Waals surface area contributed by atoms with E-state index in [4.69, 9.17) is 5.26 Å². The minimum absolute atomic E-state index is 0.180. The molecule has 2 amide bonds. The van der Waals surface area contributed by atoms with Crippen LogP contribution in [0.3, 0.4) is 0 Å². The molecule has 0 saturated carbocycles. The van der Waals surface area contributed by atoms with Crippen molar-refractivity contribution < 1.29 is 9.59 Å². The van der Waals surface area contributed by atoms with Crippen molar-refractivity contribution in [2.24, 2.45) is 0 Å². The van der Waals surface area contributed by atoms with Crippen LogP contribution in [0.4, 0.5) is 5.69 Å². The number of nitriles is 1. The maximum atomic E-state index is 11.9. The molecule has 0 aliphatic heterocycles. The highest BCUT2D eigenvalue weighted by Crippen LogP contribution is 2.10. The molecule has 0 heterocycles. The van der Waals surface area contributed by atoms with Crippen LogP contribution in [0, 0.1) is 11.3 Å². The normalized spacial score (nSPS) is 10.2. The molecule has 2 aromatic rings. The maximum Gasteiger partial charge on any atom is 0.244 e. The zero-order valence-corrected chi connectivity index (χ0v) is 13.7. The minimum Gasteiger partial charge on any atom is -0.352 e. The second-order valence-electron chi connectivity index (χ2n) is 5.37. The molecule has 0 aromatic heterocycles. The van der Waals surface area contributed by atoms with Crippen molar-refractivity contribution >= 4 is 23.6 Å². The summed E-state index contributed by atoms with van der Waals surface area (Å²) >= 11 is 0. The van der Waals surface area contributed by atoms with Gasteiger partial charge in [-0.25, -0.2) is 0 Å². The van der Waals surface area contributed by atoms with Gasteiger partial charge in [0.05, 0.1) is 12.5 Å². The van der Waals surface area contributed by atoms with Crippen LogP contribution >= 0.6 is 0 Å². The molecule has 0 bridgehead atoms. The Bertz CT molecular complexity index is 775. The van der Waals surface area contributed by atoms with E-state index < -0.39 is 0 Å². The van der Waals surface area contributed by atoms with Gasteiger partial charge in [-0.05, 0) is 29.3 Å². The SMILES string of the molecule is N#CCc1ccc(NC(=O)CCNC(=O)/C=C/c2ccccc2)cc1. The Morgan fingerprint density at radius 1 is 1.04 bits per heavy atom. The van der Waals surface area contributed by atoms with Gasteiger partial charge in [-0.2, -0.15) is 5.26 Å². The first-order valence-corrected chi connectivity index (χ1v) is 7.94. The third-order valence-electron chi connectivity index (χ3n) is 3.40. The van der Waals surface area contributed by atoms with Crippen LogP contribution in [0.25, 0.3) is 6.08 Å². The van der Waals surface area contributed by atoms with Crippen molar-refractivity contribution in [2.45, 2.75) is 12.8 Å². The van der Waals surface area contributed by atoms with Crippen LogP contribution in [0.2, 0.25) is 0 Å². The number of rotatable bonds is 7. The average Bonchev–Trinajstić information content (AvgIpc) is 2.63. The fraction of sp³-hybridized carbons (Fsp3) is 0.150. The van der Waals surface area contributed by atoms with E-state index in [1.165, 1.54) is 6.08 Å². The Morgan fingerprint density at radius 3 is 2.44 bits per heavy atom. The maximum absolute atomic E-state index is 11.9. The molecular formula is C20H19N3O2. The van der Waals surface area contributed by atoms with Gasteiger partial charge in [-0.1, -0.05) is 42.5 Å². The predicted octanol–water partition coefficient (Wildman–Crippen LogP) is 2.91. The summed E-state index contributed by atoms with van der Waals surface area (Å²) in [6.45, 7) is 0.260. The number of benzene rings is 2. The quantitative estimate of drug-likeness (QED) is 0.764. The second-order valence-corrected chi connectivity index (χ2v) is 5.37. The Hall–Kier alpha value is -3.39. The first-order valence-electron chi connectivity index (χ1n) is 7.94. The highest BCUT2D eigenvalue weighted by Gasteiger charge is 2.03. The zero-order chi connectivity index (χ0) is 17.9. The first-order chi connectivity index (χ1) is 12.2. The van der Waals surface area contributed by atoms with E-state index >= 15 is 0 Å². The van der Waals surface area contributed by atoms with E-state index in [2.05, 4.69) is 16.7 Å². The van der Waals surface area contributed by atoms with Crippen molar-refractivity contribution in [1.82, 2.24) is 5.32 Å². The standard InChI is InChI=1S/C20H19N3O2/c21-14-12-17-6-9-18(10-7-17)23-20(25)13-15-22-19(24)11-8-16-4-2-1-3-5-16/h1-11H,12-13,15H2,(H,22,24)(H,23,25)/b11-8+. The molecule has 2 rings (SSSR count). The lowest BCUT2D eigenvalue weighted by atomic mass is 10.1. The lowest BCUT2D eigenvalue weighted by molar-refractivity contribution is -0.117. The molecular weight excluding hydrogens is 314 g/mol. The van der Waals surface area contributed by atoms with Crippen molar-refractivity contribution in [3.63, 3.8) is 0 Å². The molecule has 0 aliphatic carbocycles. The summed E-state index contributed by atoms with van der Waals surface area (Å²) in [5.41, 5.74) is 2.51. The smallest absolute Gasteiger partial charge is 0.244 e. The van der Waals surface area contributed by atoms with Crippen molar-refractivity contribution in [3.05, 3.63) is 71.8 Å². The summed E-state index contributed by atoms with van der Waals surface area (Å²) in [5, 5.41) is 14.0. The Labute approximate surface area is 147 Å². The largest absolute Gasteiger partial charge is 0.352 e. The van der Waals surface area contributed by atoms with E-state index in [1.807, 2.05) is 30.3 Å². The molecule has 5 nitrogen and oxygen atoms in total. The number of amides is 2. The highest BCUT2D eigenvalue weighted by molar-refractivity contribution is 5.93. The monoisotopic (exact) mass is 333 g/mol. The Morgan fingerprint density at radius 2 is 1.76 bits per heavy atom. The van der Waals surface area contributed by atoms with E-state index in [1.54, 1.807) is 30.3 Å². The third-order valence-corrected chi connectivity index (χ3v) is 3.40. The number of anilines is 1. The number of hydrogen-bond acceptors (Lipinski definition) is 3. The van der Waals surface area contributed by atoms with Crippen LogP contribution in [0.15, 0.2) is 60.7 Å². The number of nitrogens with zero attached hydrogens (tertiary/aromatic N) is 1. The van der Waals surface area contributed by atoms with Gasteiger partial charge in [0.2, 0.25) is 11.8 Å². The molecule has 5 heteroatoms. The van der Waals surface area contributed by atoms with Crippen LogP contribution in [-0.2, 0) is 16.0 Å². The van der Waals surface area contributed by atoms with Crippen LogP contribution in [-0.4, -0.2) is 18.4 Å². The zero-order valence-electron chi connectivity index (χ0n) is 13.7. The first kappa shape index (κ1) is 18.0. The molecule has 0 radical (unpaired) electrons. The predicted molar refractivity (Wildman–Crippen MR) is 97.5 cm³/mol. The second kappa shape index (κ2) is 9.68. The molecule has 2 aromatic carbocycles. The van der Waals surface area contributed by atoms with Gasteiger partial charge in [0.1, 0.15) is 0 Å². The number of carbonyl (C=O) groups is 2. The van der Waals surface area contributed by atoms with Gasteiger partial charge in [0, 0.05) is 24.7 Å². The van der Waals surface area contributed by atoms with Gasteiger partial charge < -0.3 is 10.6 Å². The van der Waals surface area contributed by atoms with E-state index in [9.17, 15) is 9.59 Å². The van der Waals surface area contributed by atoms with Crippen LogP contribution in [0.1, 0.15) is 17.5 Å². The van der Waals surface area contributed by atoms with E-state index in [0.29, 0.717) is 12.1 Å². The number of carbonyl (C=O) groups excluding carboxylic acids is 2. The Balaban J connectivity index is 1.70. The van der Waals surface area contributed by atoms with Crippen LogP contribution < -0.4 is 10.6 Å². The summed E-state index contributed by atoms with van der Waals surface area (Å²) in [6.07, 6.45) is 3.70. The van der Waals surface area contributed by atoms with Crippen molar-refractivity contribution in [3.8, 4) is 6.07 Å². The Kier molecular flexibility index (Phi) is 6.95. The van der Waals surface area contributed by atoms with E-state index in [-0.39, 0.29) is 24.8 Å². The highest BCUT2D eigenvalue weighted by atomic mass is 16.2. The van der Waals surface area contributed by atoms with Gasteiger partial charge in [0.25, 0.3) is 0 Å². The van der Waals surface area contributed by atoms with Gasteiger partial charge in [-0.15, -0.1) is 0 Å².